The molecule has 1 N–H and O–H groups in total. The molecule has 0 radical (unpaired) electrons. The second kappa shape index (κ2) is 7.72. The Bertz CT molecular complexity index is 397. The van der Waals surface area contributed by atoms with E-state index in [-0.39, 0.29) is 18.4 Å². The molecule has 0 unspecified atom stereocenters. The van der Waals surface area contributed by atoms with Crippen LogP contribution in [0.25, 0.3) is 0 Å². The van der Waals surface area contributed by atoms with Gasteiger partial charge in [0.05, 0.1) is 6.67 Å². The molecule has 0 aromatic heterocycles. The summed E-state index contributed by atoms with van der Waals surface area (Å²) < 4.78 is 38.8. The minimum absolute atomic E-state index is 0. The van der Waals surface area contributed by atoms with Gasteiger partial charge in [0.1, 0.15) is 0 Å². The normalized spacial score (nSPS) is 17.8. The van der Waals surface area contributed by atoms with Crippen LogP contribution in [0.2, 0.25) is 0 Å². The van der Waals surface area contributed by atoms with Crippen LogP contribution in [-0.4, -0.2) is 37.8 Å². The summed E-state index contributed by atoms with van der Waals surface area (Å²) in [5.74, 6) is -1.73. The Balaban J connectivity index is 0.00000180. The van der Waals surface area contributed by atoms with Gasteiger partial charge in [-0.05, 0) is 24.1 Å². The molecule has 1 aliphatic rings. The van der Waals surface area contributed by atoms with Crippen molar-refractivity contribution in [3.05, 3.63) is 35.4 Å². The average molecular weight is 295 g/mol. The quantitative estimate of drug-likeness (QED) is 0.918. The molecular formula is C13H18ClF3N2. The fraction of sp³-hybridized carbons (Fsp3) is 0.538. The summed E-state index contributed by atoms with van der Waals surface area (Å²) in [6.45, 7) is 2.81. The van der Waals surface area contributed by atoms with Crippen LogP contribution in [0.15, 0.2) is 18.2 Å². The first-order valence-corrected chi connectivity index (χ1v) is 6.18. The van der Waals surface area contributed by atoms with Crippen molar-refractivity contribution in [1.29, 1.82) is 0 Å². The number of hydrogen-bond acceptors (Lipinski definition) is 2. The van der Waals surface area contributed by atoms with Crippen LogP contribution < -0.4 is 5.32 Å². The third kappa shape index (κ3) is 4.09. The Morgan fingerprint density at radius 2 is 1.84 bits per heavy atom. The largest absolute Gasteiger partial charge is 0.314 e. The van der Waals surface area contributed by atoms with Crippen molar-refractivity contribution < 1.29 is 13.2 Å². The number of rotatable bonds is 4. The van der Waals surface area contributed by atoms with E-state index in [4.69, 9.17) is 0 Å². The topological polar surface area (TPSA) is 15.3 Å². The Kier molecular flexibility index (Phi) is 6.62. The van der Waals surface area contributed by atoms with E-state index in [1.165, 1.54) is 6.07 Å². The van der Waals surface area contributed by atoms with E-state index in [1.807, 2.05) is 0 Å². The SMILES string of the molecule is Cl.FCC[C@H](c1ccc(F)c(F)c1)N1CCNCC1. The Hall–Kier alpha value is -0.780. The van der Waals surface area contributed by atoms with Crippen LogP contribution >= 0.6 is 12.4 Å². The maximum atomic E-state index is 13.2. The van der Waals surface area contributed by atoms with Gasteiger partial charge in [-0.25, -0.2) is 8.78 Å². The number of halogens is 4. The molecule has 1 fully saturated rings. The van der Waals surface area contributed by atoms with Gasteiger partial charge in [0.15, 0.2) is 11.6 Å². The van der Waals surface area contributed by atoms with Crippen molar-refractivity contribution in [3.63, 3.8) is 0 Å². The molecule has 0 saturated carbocycles. The van der Waals surface area contributed by atoms with Crippen LogP contribution in [0.4, 0.5) is 13.2 Å². The summed E-state index contributed by atoms with van der Waals surface area (Å²) in [7, 11) is 0. The van der Waals surface area contributed by atoms with E-state index < -0.39 is 18.3 Å². The second-order valence-corrected chi connectivity index (χ2v) is 4.45. The van der Waals surface area contributed by atoms with Crippen molar-refractivity contribution in [2.75, 3.05) is 32.9 Å². The standard InChI is InChI=1S/C13H17F3N2.ClH/c14-4-3-13(18-7-5-17-6-8-18)10-1-2-11(15)12(16)9-10;/h1-2,9,13,17H,3-8H2;1H/t13-;/m1./s1. The number of benzene rings is 1. The highest BCUT2D eigenvalue weighted by Crippen LogP contribution is 2.26. The predicted octanol–water partition coefficient (Wildman–Crippen LogP) is 2.69. The molecule has 1 aromatic carbocycles. The molecule has 19 heavy (non-hydrogen) atoms. The van der Waals surface area contributed by atoms with Gasteiger partial charge in [-0.2, -0.15) is 0 Å². The van der Waals surface area contributed by atoms with Crippen LogP contribution in [-0.2, 0) is 0 Å². The van der Waals surface area contributed by atoms with E-state index in [1.54, 1.807) is 6.07 Å². The van der Waals surface area contributed by atoms with Gasteiger partial charge >= 0.3 is 0 Å². The Morgan fingerprint density at radius 1 is 1.16 bits per heavy atom. The fourth-order valence-electron chi connectivity index (χ4n) is 2.38. The first-order valence-electron chi connectivity index (χ1n) is 6.18. The van der Waals surface area contributed by atoms with Gasteiger partial charge in [0.2, 0.25) is 0 Å². The van der Waals surface area contributed by atoms with E-state index in [0.29, 0.717) is 12.0 Å². The molecule has 0 aliphatic carbocycles. The molecule has 1 aliphatic heterocycles. The summed E-state index contributed by atoms with van der Waals surface area (Å²) in [6.07, 6.45) is 0.311. The summed E-state index contributed by atoms with van der Waals surface area (Å²) in [6, 6.07) is 3.66. The molecule has 1 atom stereocenters. The number of hydrogen-bond donors (Lipinski definition) is 1. The highest BCUT2D eigenvalue weighted by Gasteiger charge is 2.22. The predicted molar refractivity (Wildman–Crippen MR) is 71.4 cm³/mol. The first-order chi connectivity index (χ1) is 8.72. The molecule has 6 heteroatoms. The van der Waals surface area contributed by atoms with Gasteiger partial charge < -0.3 is 5.32 Å². The molecule has 0 spiro atoms. The zero-order chi connectivity index (χ0) is 13.0. The van der Waals surface area contributed by atoms with Gasteiger partial charge in [-0.3, -0.25) is 9.29 Å². The monoisotopic (exact) mass is 294 g/mol. The van der Waals surface area contributed by atoms with E-state index >= 15 is 0 Å². The minimum Gasteiger partial charge on any atom is -0.314 e. The molecule has 2 rings (SSSR count). The summed E-state index contributed by atoms with van der Waals surface area (Å²) in [5, 5.41) is 3.21. The number of alkyl halides is 1. The lowest BCUT2D eigenvalue weighted by Crippen LogP contribution is -2.45. The molecule has 1 heterocycles. The van der Waals surface area contributed by atoms with E-state index in [2.05, 4.69) is 10.2 Å². The molecule has 0 amide bonds. The van der Waals surface area contributed by atoms with Gasteiger partial charge in [0, 0.05) is 32.2 Å². The molecule has 1 saturated heterocycles. The van der Waals surface area contributed by atoms with E-state index in [9.17, 15) is 13.2 Å². The smallest absolute Gasteiger partial charge is 0.159 e. The second-order valence-electron chi connectivity index (χ2n) is 4.45. The van der Waals surface area contributed by atoms with Crippen molar-refractivity contribution in [2.45, 2.75) is 12.5 Å². The third-order valence-electron chi connectivity index (χ3n) is 3.30. The third-order valence-corrected chi connectivity index (χ3v) is 3.30. The highest BCUT2D eigenvalue weighted by atomic mass is 35.5. The first kappa shape index (κ1) is 16.3. The molecule has 1 aromatic rings. The highest BCUT2D eigenvalue weighted by molar-refractivity contribution is 5.85. The number of nitrogens with zero attached hydrogens (tertiary/aromatic N) is 1. The molecule has 108 valence electrons. The summed E-state index contributed by atoms with van der Waals surface area (Å²) in [5.41, 5.74) is 0.647. The van der Waals surface area contributed by atoms with Crippen molar-refractivity contribution in [1.82, 2.24) is 10.2 Å². The van der Waals surface area contributed by atoms with Gasteiger partial charge in [-0.15, -0.1) is 12.4 Å². The minimum atomic E-state index is -0.869. The van der Waals surface area contributed by atoms with Crippen LogP contribution in [0.1, 0.15) is 18.0 Å². The summed E-state index contributed by atoms with van der Waals surface area (Å²) >= 11 is 0. The zero-order valence-corrected chi connectivity index (χ0v) is 11.4. The van der Waals surface area contributed by atoms with Crippen LogP contribution in [0.3, 0.4) is 0 Å². The fourth-order valence-corrected chi connectivity index (χ4v) is 2.38. The Labute approximate surface area is 117 Å². The maximum absolute atomic E-state index is 13.2. The summed E-state index contributed by atoms with van der Waals surface area (Å²) in [4.78, 5) is 2.11. The maximum Gasteiger partial charge on any atom is 0.159 e. The molecule has 0 bridgehead atoms. The van der Waals surface area contributed by atoms with Crippen molar-refractivity contribution >= 4 is 12.4 Å². The van der Waals surface area contributed by atoms with Crippen LogP contribution in [0.5, 0.6) is 0 Å². The molecular weight excluding hydrogens is 277 g/mol. The van der Waals surface area contributed by atoms with E-state index in [0.717, 1.165) is 32.2 Å². The lowest BCUT2D eigenvalue weighted by Gasteiger charge is -2.34. The lowest BCUT2D eigenvalue weighted by atomic mass is 10.0. The van der Waals surface area contributed by atoms with Gasteiger partial charge in [0.25, 0.3) is 0 Å². The van der Waals surface area contributed by atoms with Crippen molar-refractivity contribution in [3.8, 4) is 0 Å². The number of piperazine rings is 1. The molecule has 2 nitrogen and oxygen atoms in total. The lowest BCUT2D eigenvalue weighted by molar-refractivity contribution is 0.157. The average Bonchev–Trinajstić information content (AvgIpc) is 2.40. The van der Waals surface area contributed by atoms with Gasteiger partial charge in [-0.1, -0.05) is 6.07 Å². The van der Waals surface area contributed by atoms with Crippen molar-refractivity contribution in [2.24, 2.45) is 0 Å². The zero-order valence-electron chi connectivity index (χ0n) is 10.5. The van der Waals surface area contributed by atoms with Crippen LogP contribution in [0, 0.1) is 11.6 Å². The number of nitrogens with one attached hydrogen (secondary N) is 1. The Morgan fingerprint density at radius 3 is 2.42 bits per heavy atom.